The lowest BCUT2D eigenvalue weighted by atomic mass is 10.0. The minimum absolute atomic E-state index is 0.575. The lowest BCUT2D eigenvalue weighted by Crippen LogP contribution is -2.48. The predicted octanol–water partition coefficient (Wildman–Crippen LogP) is 1.49. The van der Waals surface area contributed by atoms with Gasteiger partial charge in [-0.2, -0.15) is 11.8 Å². The van der Waals surface area contributed by atoms with Crippen molar-refractivity contribution in [3.05, 3.63) is 29.8 Å². The molecule has 1 atom stereocenters. The molecule has 5 heteroatoms. The van der Waals surface area contributed by atoms with Gasteiger partial charge in [0.05, 0.1) is 5.60 Å². The molecule has 0 aliphatic carbocycles. The lowest BCUT2D eigenvalue weighted by molar-refractivity contribution is 0.0726. The molecule has 1 aromatic rings. The van der Waals surface area contributed by atoms with Crippen LogP contribution >= 0.6 is 11.8 Å². The van der Waals surface area contributed by atoms with E-state index in [0.717, 1.165) is 36.9 Å². The second-order valence-corrected chi connectivity index (χ2v) is 6.56. The Morgan fingerprint density at radius 2 is 2.35 bits per heavy atom. The van der Waals surface area contributed by atoms with Crippen molar-refractivity contribution in [2.24, 2.45) is 4.99 Å². The molecule has 1 aromatic carbocycles. The number of para-hydroxylation sites is 1. The molecule has 0 bridgehead atoms. The Balaban J connectivity index is 1.69. The smallest absolute Gasteiger partial charge is 0.198 e. The number of anilines is 1. The number of aliphatic hydroxyl groups is 1. The van der Waals surface area contributed by atoms with Crippen LogP contribution in [0.5, 0.6) is 0 Å². The Labute approximate surface area is 124 Å². The number of aliphatic imine (C=N–C) groups is 1. The first-order valence-electron chi connectivity index (χ1n) is 7.08. The number of hydrogen-bond acceptors (Lipinski definition) is 3. The first-order valence-corrected chi connectivity index (χ1v) is 8.24. The molecule has 4 nitrogen and oxygen atoms in total. The van der Waals surface area contributed by atoms with Crippen LogP contribution in [-0.4, -0.2) is 48.3 Å². The third-order valence-electron chi connectivity index (χ3n) is 4.01. The van der Waals surface area contributed by atoms with E-state index in [1.54, 1.807) is 7.05 Å². The summed E-state index contributed by atoms with van der Waals surface area (Å²) in [7, 11) is 1.80. The quantitative estimate of drug-likeness (QED) is 0.640. The van der Waals surface area contributed by atoms with E-state index >= 15 is 0 Å². The van der Waals surface area contributed by atoms with Crippen molar-refractivity contribution in [3.63, 3.8) is 0 Å². The predicted molar refractivity (Wildman–Crippen MR) is 85.7 cm³/mol. The topological polar surface area (TPSA) is 47.9 Å². The van der Waals surface area contributed by atoms with Crippen LogP contribution in [0.15, 0.2) is 29.3 Å². The normalized spacial score (nSPS) is 25.9. The van der Waals surface area contributed by atoms with Gasteiger partial charge in [-0.1, -0.05) is 18.2 Å². The number of hydrogen-bond donors (Lipinski definition) is 2. The Bertz CT molecular complexity index is 512. The van der Waals surface area contributed by atoms with Gasteiger partial charge in [-0.05, 0) is 30.2 Å². The molecule has 20 heavy (non-hydrogen) atoms. The largest absolute Gasteiger partial charge is 0.387 e. The maximum absolute atomic E-state index is 10.4. The molecule has 0 saturated carbocycles. The maximum atomic E-state index is 10.4. The van der Waals surface area contributed by atoms with Crippen LogP contribution in [0, 0.1) is 0 Å². The summed E-state index contributed by atoms with van der Waals surface area (Å²) in [5.41, 5.74) is 2.01. The van der Waals surface area contributed by atoms with E-state index in [0.29, 0.717) is 6.54 Å². The molecule has 0 amide bonds. The molecule has 2 N–H and O–H groups in total. The molecule has 1 saturated heterocycles. The van der Waals surface area contributed by atoms with E-state index in [1.807, 2.05) is 11.8 Å². The van der Waals surface area contributed by atoms with Crippen LogP contribution in [0.4, 0.5) is 5.69 Å². The van der Waals surface area contributed by atoms with Gasteiger partial charge in [-0.25, -0.2) is 0 Å². The monoisotopic (exact) mass is 291 g/mol. The first kappa shape index (κ1) is 13.8. The van der Waals surface area contributed by atoms with Crippen molar-refractivity contribution in [2.75, 3.05) is 36.5 Å². The van der Waals surface area contributed by atoms with Crippen molar-refractivity contribution in [1.82, 2.24) is 5.32 Å². The van der Waals surface area contributed by atoms with Crippen LogP contribution in [0.1, 0.15) is 12.0 Å². The Hall–Kier alpha value is -1.20. The van der Waals surface area contributed by atoms with Crippen molar-refractivity contribution in [1.29, 1.82) is 0 Å². The van der Waals surface area contributed by atoms with Gasteiger partial charge in [-0.15, -0.1) is 0 Å². The van der Waals surface area contributed by atoms with Crippen LogP contribution in [-0.2, 0) is 6.42 Å². The van der Waals surface area contributed by atoms with E-state index in [-0.39, 0.29) is 0 Å². The summed E-state index contributed by atoms with van der Waals surface area (Å²) in [6.45, 7) is 1.53. The highest BCUT2D eigenvalue weighted by Crippen LogP contribution is 2.29. The zero-order chi connectivity index (χ0) is 14.0. The van der Waals surface area contributed by atoms with Gasteiger partial charge < -0.3 is 15.3 Å². The summed E-state index contributed by atoms with van der Waals surface area (Å²) in [5, 5.41) is 13.8. The van der Waals surface area contributed by atoms with Gasteiger partial charge in [0.1, 0.15) is 0 Å². The zero-order valence-corrected chi connectivity index (χ0v) is 12.6. The van der Waals surface area contributed by atoms with E-state index in [4.69, 9.17) is 0 Å². The standard InChI is InChI=1S/C15H21N3OS/c1-16-14(17-10-15(19)7-9-20-11-15)18-8-6-12-4-2-3-5-13(12)18/h2-5,19H,6-11H2,1H3,(H,16,17). The number of thioether (sulfide) groups is 1. The fraction of sp³-hybridized carbons (Fsp3) is 0.533. The summed E-state index contributed by atoms with van der Waals surface area (Å²) in [6.07, 6.45) is 1.91. The van der Waals surface area contributed by atoms with Gasteiger partial charge in [0.15, 0.2) is 5.96 Å². The van der Waals surface area contributed by atoms with E-state index in [2.05, 4.69) is 39.5 Å². The minimum Gasteiger partial charge on any atom is -0.387 e. The second-order valence-electron chi connectivity index (χ2n) is 5.46. The van der Waals surface area contributed by atoms with Crippen LogP contribution in [0.25, 0.3) is 0 Å². The number of nitrogens with one attached hydrogen (secondary N) is 1. The van der Waals surface area contributed by atoms with Crippen molar-refractivity contribution < 1.29 is 5.11 Å². The Kier molecular flexibility index (Phi) is 3.89. The third kappa shape index (κ3) is 2.65. The average molecular weight is 291 g/mol. The molecule has 1 unspecified atom stereocenters. The van der Waals surface area contributed by atoms with Gasteiger partial charge in [0, 0.05) is 31.6 Å². The minimum atomic E-state index is -0.583. The molecule has 2 aliphatic rings. The average Bonchev–Trinajstić information content (AvgIpc) is 3.07. The summed E-state index contributed by atoms with van der Waals surface area (Å²) in [6, 6.07) is 8.45. The molecular formula is C15H21N3OS. The molecule has 0 spiro atoms. The first-order chi connectivity index (χ1) is 9.72. The highest BCUT2D eigenvalue weighted by atomic mass is 32.2. The summed E-state index contributed by atoms with van der Waals surface area (Å²) in [5.74, 6) is 2.72. The Morgan fingerprint density at radius 1 is 1.50 bits per heavy atom. The van der Waals surface area contributed by atoms with Gasteiger partial charge in [0.2, 0.25) is 0 Å². The van der Waals surface area contributed by atoms with Crippen molar-refractivity contribution in [2.45, 2.75) is 18.4 Å². The van der Waals surface area contributed by atoms with Crippen molar-refractivity contribution >= 4 is 23.4 Å². The van der Waals surface area contributed by atoms with Crippen LogP contribution < -0.4 is 10.2 Å². The lowest BCUT2D eigenvalue weighted by Gasteiger charge is -2.27. The fourth-order valence-electron chi connectivity index (χ4n) is 2.83. The van der Waals surface area contributed by atoms with E-state index in [1.165, 1.54) is 11.3 Å². The number of rotatable bonds is 2. The van der Waals surface area contributed by atoms with Gasteiger partial charge in [-0.3, -0.25) is 4.99 Å². The van der Waals surface area contributed by atoms with Crippen molar-refractivity contribution in [3.8, 4) is 0 Å². The molecule has 3 rings (SSSR count). The number of nitrogens with zero attached hydrogens (tertiary/aromatic N) is 2. The molecule has 1 fully saturated rings. The summed E-state index contributed by atoms with van der Waals surface area (Å²) < 4.78 is 0. The van der Waals surface area contributed by atoms with Crippen LogP contribution in [0.2, 0.25) is 0 Å². The SMILES string of the molecule is CN=C(NCC1(O)CCSC1)N1CCc2ccccc21. The molecule has 0 aromatic heterocycles. The molecule has 108 valence electrons. The van der Waals surface area contributed by atoms with Gasteiger partial charge >= 0.3 is 0 Å². The van der Waals surface area contributed by atoms with Gasteiger partial charge in [0.25, 0.3) is 0 Å². The molecule has 0 radical (unpaired) electrons. The second kappa shape index (κ2) is 5.66. The van der Waals surface area contributed by atoms with E-state index in [9.17, 15) is 5.11 Å². The third-order valence-corrected chi connectivity index (χ3v) is 5.25. The van der Waals surface area contributed by atoms with E-state index < -0.39 is 5.60 Å². The molecule has 2 heterocycles. The molecular weight excluding hydrogens is 270 g/mol. The summed E-state index contributed by atoms with van der Waals surface area (Å²) >= 11 is 1.82. The Morgan fingerprint density at radius 3 is 3.10 bits per heavy atom. The summed E-state index contributed by atoms with van der Waals surface area (Å²) in [4.78, 5) is 6.58. The van der Waals surface area contributed by atoms with Crippen LogP contribution in [0.3, 0.4) is 0 Å². The highest BCUT2D eigenvalue weighted by Gasteiger charge is 2.32. The fourth-order valence-corrected chi connectivity index (χ4v) is 4.13. The number of fused-ring (bicyclic) bond motifs is 1. The maximum Gasteiger partial charge on any atom is 0.198 e. The zero-order valence-electron chi connectivity index (χ0n) is 11.8. The number of guanidine groups is 1. The number of benzene rings is 1. The molecule has 2 aliphatic heterocycles. The highest BCUT2D eigenvalue weighted by molar-refractivity contribution is 7.99.